The van der Waals surface area contributed by atoms with Gasteiger partial charge in [0.1, 0.15) is 12.4 Å². The van der Waals surface area contributed by atoms with Gasteiger partial charge in [-0.1, -0.05) is 23.7 Å². The maximum Gasteiger partial charge on any atom is 0.416 e. The van der Waals surface area contributed by atoms with Crippen LogP contribution in [0.25, 0.3) is 10.9 Å². The minimum absolute atomic E-state index is 0.0899. The quantitative estimate of drug-likeness (QED) is 0.575. The van der Waals surface area contributed by atoms with Crippen molar-refractivity contribution in [2.45, 2.75) is 25.6 Å². The Labute approximate surface area is 168 Å². The van der Waals surface area contributed by atoms with Crippen molar-refractivity contribution in [3.63, 3.8) is 0 Å². The van der Waals surface area contributed by atoms with Crippen molar-refractivity contribution in [3.8, 4) is 5.75 Å². The molecule has 1 heterocycles. The van der Waals surface area contributed by atoms with Gasteiger partial charge >= 0.3 is 6.18 Å². The van der Waals surface area contributed by atoms with Gasteiger partial charge in [0, 0.05) is 29.8 Å². The highest BCUT2D eigenvalue weighted by Crippen LogP contribution is 2.35. The van der Waals surface area contributed by atoms with Gasteiger partial charge in [-0.15, -0.1) is 0 Å². The van der Waals surface area contributed by atoms with E-state index in [-0.39, 0.29) is 18.1 Å². The fourth-order valence-corrected chi connectivity index (χ4v) is 3.29. The topological polar surface area (TPSA) is 57.2 Å². The number of ether oxygens (including phenoxy) is 1. The van der Waals surface area contributed by atoms with E-state index in [4.69, 9.17) is 33.8 Å². The number of primary amides is 1. The minimum atomic E-state index is -4.43. The molecule has 2 N–H and O–H groups in total. The Morgan fingerprint density at radius 3 is 2.64 bits per heavy atom. The van der Waals surface area contributed by atoms with Crippen LogP contribution in [0.4, 0.5) is 13.2 Å². The van der Waals surface area contributed by atoms with E-state index >= 15 is 0 Å². The van der Waals surface area contributed by atoms with E-state index in [1.807, 2.05) is 0 Å². The summed E-state index contributed by atoms with van der Waals surface area (Å²) >= 11 is 12.4. The smallest absolute Gasteiger partial charge is 0.416 e. The van der Waals surface area contributed by atoms with Crippen LogP contribution in [-0.4, -0.2) is 9.99 Å². The highest BCUT2D eigenvalue weighted by Gasteiger charge is 2.30. The predicted molar refractivity (Wildman–Crippen MR) is 101 cm³/mol. The number of fused-ring (bicyclic) bond motifs is 1. The van der Waals surface area contributed by atoms with Crippen molar-refractivity contribution < 1.29 is 22.7 Å². The van der Waals surface area contributed by atoms with E-state index in [1.54, 1.807) is 18.3 Å². The Kier molecular flexibility index (Phi) is 5.76. The Morgan fingerprint density at radius 1 is 1.21 bits per heavy atom. The molecule has 1 amide bonds. The molecule has 28 heavy (non-hydrogen) atoms. The highest BCUT2D eigenvalue weighted by atomic mass is 35.5. The van der Waals surface area contributed by atoms with Crippen LogP contribution in [0.2, 0.25) is 5.02 Å². The number of hydrogen-bond acceptors (Lipinski definition) is 2. The first kappa shape index (κ1) is 20.4. The lowest BCUT2D eigenvalue weighted by molar-refractivity contribution is -0.137. The average Bonchev–Trinajstić information content (AvgIpc) is 2.92. The summed E-state index contributed by atoms with van der Waals surface area (Å²) in [5, 5.41) is 0.987. The molecule has 0 bridgehead atoms. The standard InChI is InChI=1S/C19H15Cl2F3N2O2/c20-15-8-16-14(12(9-26(16)21)4-5-18(25)27)7-17(15)28-10-11-2-1-3-13(6-11)19(22,23)24/h1-3,6-9H,4-5,10H2,(H2,25,27). The molecule has 0 spiro atoms. The molecule has 9 heteroatoms. The van der Waals surface area contributed by atoms with Gasteiger partial charge in [-0.3, -0.25) is 8.88 Å². The summed E-state index contributed by atoms with van der Waals surface area (Å²) in [5.41, 5.74) is 6.21. The van der Waals surface area contributed by atoms with Gasteiger partial charge in [0.25, 0.3) is 0 Å². The first-order valence-corrected chi connectivity index (χ1v) is 8.93. The van der Waals surface area contributed by atoms with Crippen LogP contribution in [-0.2, 0) is 24.0 Å². The van der Waals surface area contributed by atoms with Crippen molar-refractivity contribution in [1.29, 1.82) is 0 Å². The molecule has 1 aromatic heterocycles. The lowest BCUT2D eigenvalue weighted by Crippen LogP contribution is -2.11. The molecule has 0 aliphatic rings. The molecule has 0 unspecified atom stereocenters. The first-order valence-electron chi connectivity index (χ1n) is 8.22. The number of hydrogen-bond donors (Lipinski definition) is 1. The molecule has 0 aliphatic heterocycles. The second-order valence-electron chi connectivity index (χ2n) is 6.22. The second-order valence-corrected chi connectivity index (χ2v) is 6.99. The van der Waals surface area contributed by atoms with E-state index in [0.717, 1.165) is 23.1 Å². The fourth-order valence-electron chi connectivity index (χ4n) is 2.82. The van der Waals surface area contributed by atoms with Gasteiger partial charge in [-0.2, -0.15) is 13.2 Å². The number of amides is 1. The molecule has 3 rings (SSSR count). The molecule has 0 atom stereocenters. The zero-order chi connectivity index (χ0) is 20.5. The summed E-state index contributed by atoms with van der Waals surface area (Å²) < 4.78 is 45.5. The number of carbonyl (C=O) groups excluding carboxylic acids is 1. The van der Waals surface area contributed by atoms with E-state index in [0.29, 0.717) is 23.3 Å². The lowest BCUT2D eigenvalue weighted by Gasteiger charge is -2.11. The van der Waals surface area contributed by atoms with Crippen LogP contribution in [0, 0.1) is 0 Å². The maximum atomic E-state index is 12.8. The molecule has 0 saturated heterocycles. The molecular formula is C19H15Cl2F3N2O2. The van der Waals surface area contributed by atoms with Crippen molar-refractivity contribution in [3.05, 3.63) is 64.3 Å². The van der Waals surface area contributed by atoms with Gasteiger partial charge < -0.3 is 10.5 Å². The number of aromatic nitrogens is 1. The number of nitrogens with zero attached hydrogens (tertiary/aromatic N) is 1. The molecule has 0 fully saturated rings. The summed E-state index contributed by atoms with van der Waals surface area (Å²) in [4.78, 5) is 11.1. The molecule has 2 aromatic carbocycles. The summed E-state index contributed by atoms with van der Waals surface area (Å²) in [6.45, 7) is -0.0899. The summed E-state index contributed by atoms with van der Waals surface area (Å²) in [7, 11) is 0. The van der Waals surface area contributed by atoms with Crippen LogP contribution < -0.4 is 10.5 Å². The second kappa shape index (κ2) is 7.93. The van der Waals surface area contributed by atoms with Crippen molar-refractivity contribution in [2.75, 3.05) is 0 Å². The van der Waals surface area contributed by atoms with Crippen LogP contribution >= 0.6 is 23.4 Å². The average molecular weight is 431 g/mol. The fraction of sp³-hybridized carbons (Fsp3) is 0.211. The number of halogens is 5. The molecule has 148 valence electrons. The maximum absolute atomic E-state index is 12.8. The first-order chi connectivity index (χ1) is 13.1. The van der Waals surface area contributed by atoms with Gasteiger partial charge in [0.05, 0.1) is 16.1 Å². The highest BCUT2D eigenvalue weighted by molar-refractivity contribution is 6.33. The number of nitrogens with two attached hydrogens (primary N) is 1. The van der Waals surface area contributed by atoms with Gasteiger partial charge in [-0.05, 0) is 41.8 Å². The zero-order valence-electron chi connectivity index (χ0n) is 14.4. The Bertz CT molecular complexity index is 1030. The number of aryl methyl sites for hydroxylation is 1. The Balaban J connectivity index is 1.86. The van der Waals surface area contributed by atoms with Crippen molar-refractivity contribution in [2.24, 2.45) is 5.73 Å². The van der Waals surface area contributed by atoms with E-state index < -0.39 is 17.6 Å². The Hall–Kier alpha value is -2.38. The largest absolute Gasteiger partial charge is 0.487 e. The summed E-state index contributed by atoms with van der Waals surface area (Å²) in [6, 6.07) is 8.13. The molecule has 3 aromatic rings. The summed E-state index contributed by atoms with van der Waals surface area (Å²) in [5.74, 6) is -0.139. The normalized spacial score (nSPS) is 11.8. The third-order valence-electron chi connectivity index (χ3n) is 4.18. The molecule has 4 nitrogen and oxygen atoms in total. The van der Waals surface area contributed by atoms with Gasteiger partial charge in [0.2, 0.25) is 5.91 Å². The number of alkyl halides is 3. The molecule has 0 radical (unpaired) electrons. The Morgan fingerprint density at radius 2 is 1.96 bits per heavy atom. The van der Waals surface area contributed by atoms with E-state index in [2.05, 4.69) is 0 Å². The predicted octanol–water partition coefficient (Wildman–Crippen LogP) is 5.31. The zero-order valence-corrected chi connectivity index (χ0v) is 15.9. The summed E-state index contributed by atoms with van der Waals surface area (Å²) in [6.07, 6.45) is -2.23. The monoisotopic (exact) mass is 430 g/mol. The SMILES string of the molecule is NC(=O)CCc1cn(Cl)c2cc(Cl)c(OCc3cccc(C(F)(F)F)c3)cc12. The third-order valence-corrected chi connectivity index (χ3v) is 4.76. The lowest BCUT2D eigenvalue weighted by atomic mass is 10.1. The van der Waals surface area contributed by atoms with Crippen molar-refractivity contribution in [1.82, 2.24) is 4.09 Å². The number of benzene rings is 2. The number of carbonyl (C=O) groups is 1. The van der Waals surface area contributed by atoms with Crippen LogP contribution in [0.5, 0.6) is 5.75 Å². The van der Waals surface area contributed by atoms with E-state index in [1.165, 1.54) is 16.2 Å². The minimum Gasteiger partial charge on any atom is -0.487 e. The van der Waals surface area contributed by atoms with E-state index in [9.17, 15) is 18.0 Å². The van der Waals surface area contributed by atoms with Crippen LogP contribution in [0.1, 0.15) is 23.1 Å². The molecular weight excluding hydrogens is 416 g/mol. The van der Waals surface area contributed by atoms with Crippen LogP contribution in [0.3, 0.4) is 0 Å². The number of rotatable bonds is 6. The van der Waals surface area contributed by atoms with Gasteiger partial charge in [0.15, 0.2) is 0 Å². The third kappa shape index (κ3) is 4.54. The molecule has 0 saturated carbocycles. The van der Waals surface area contributed by atoms with Gasteiger partial charge in [-0.25, -0.2) is 0 Å². The molecule has 0 aliphatic carbocycles. The van der Waals surface area contributed by atoms with Crippen LogP contribution in [0.15, 0.2) is 42.6 Å². The van der Waals surface area contributed by atoms with Crippen molar-refractivity contribution >= 4 is 40.2 Å².